The summed E-state index contributed by atoms with van der Waals surface area (Å²) in [5.41, 5.74) is 5.60. The van der Waals surface area contributed by atoms with Crippen molar-refractivity contribution in [1.29, 1.82) is 0 Å². The van der Waals surface area contributed by atoms with E-state index in [0.717, 1.165) is 40.9 Å². The van der Waals surface area contributed by atoms with E-state index in [-0.39, 0.29) is 5.56 Å². The van der Waals surface area contributed by atoms with Crippen LogP contribution in [0.1, 0.15) is 40.0 Å². The minimum Gasteiger partial charge on any atom is -0.465 e. The van der Waals surface area contributed by atoms with E-state index in [9.17, 15) is 13.6 Å². The van der Waals surface area contributed by atoms with Crippen LogP contribution in [0.4, 0.5) is 20.2 Å². The van der Waals surface area contributed by atoms with Crippen LogP contribution in [-0.4, -0.2) is 34.8 Å². The Hall–Kier alpha value is -3.81. The summed E-state index contributed by atoms with van der Waals surface area (Å²) in [6.07, 6.45) is 2.31. The van der Waals surface area contributed by atoms with E-state index in [1.165, 1.54) is 7.11 Å². The summed E-state index contributed by atoms with van der Waals surface area (Å²) in [6.45, 7) is 2.49. The molecule has 0 aliphatic carbocycles. The number of fused-ring (bicyclic) bond motifs is 2. The van der Waals surface area contributed by atoms with E-state index in [2.05, 4.69) is 15.2 Å². The molecule has 1 aliphatic rings. The third-order valence-corrected chi connectivity index (χ3v) is 6.16. The second-order valence-corrected chi connectivity index (χ2v) is 8.09. The number of aromatic amines is 1. The van der Waals surface area contributed by atoms with Crippen LogP contribution < -0.4 is 4.90 Å². The van der Waals surface area contributed by atoms with Gasteiger partial charge in [-0.15, -0.1) is 0 Å². The molecule has 0 bridgehead atoms. The summed E-state index contributed by atoms with van der Waals surface area (Å²) < 4.78 is 33.2. The highest BCUT2D eigenvalue weighted by Crippen LogP contribution is 2.43. The number of aromatic nitrogens is 3. The van der Waals surface area contributed by atoms with Gasteiger partial charge in [0.1, 0.15) is 0 Å². The molecule has 1 aliphatic heterocycles. The Morgan fingerprint density at radius 2 is 2.00 bits per heavy atom. The molecular weight excluding hydrogens is 426 g/mol. The fourth-order valence-corrected chi connectivity index (χ4v) is 4.55. The summed E-state index contributed by atoms with van der Waals surface area (Å²) in [5, 5.41) is 7.61. The smallest absolute Gasteiger partial charge is 0.337 e. The number of methoxy groups -OCH3 is 1. The maximum atomic E-state index is 14.2. The van der Waals surface area contributed by atoms with Gasteiger partial charge in [0.2, 0.25) is 0 Å². The second-order valence-electron chi connectivity index (χ2n) is 8.09. The number of rotatable bonds is 4. The lowest BCUT2D eigenvalue weighted by molar-refractivity contribution is 0.0601. The third kappa shape index (κ3) is 3.61. The molecule has 5 rings (SSSR count). The first kappa shape index (κ1) is 21.1. The Morgan fingerprint density at radius 1 is 1.15 bits per heavy atom. The number of alkyl halides is 2. The molecule has 0 saturated heterocycles. The summed E-state index contributed by atoms with van der Waals surface area (Å²) in [7, 11) is 1.34. The number of carbonyl (C=O) groups excluding carboxylic acids is 1. The van der Waals surface area contributed by atoms with Crippen molar-refractivity contribution in [2.45, 2.75) is 26.2 Å². The Morgan fingerprint density at radius 3 is 2.73 bits per heavy atom. The molecule has 0 amide bonds. The van der Waals surface area contributed by atoms with E-state index in [1.54, 1.807) is 36.7 Å². The number of halogens is 2. The van der Waals surface area contributed by atoms with Crippen molar-refractivity contribution in [3.05, 3.63) is 71.2 Å². The van der Waals surface area contributed by atoms with Crippen LogP contribution in [0.25, 0.3) is 22.0 Å². The molecule has 0 saturated carbocycles. The zero-order valence-electron chi connectivity index (χ0n) is 18.2. The van der Waals surface area contributed by atoms with Gasteiger partial charge >= 0.3 is 5.97 Å². The Balaban J connectivity index is 1.69. The highest BCUT2D eigenvalue weighted by Gasteiger charge is 2.26. The van der Waals surface area contributed by atoms with Crippen LogP contribution in [-0.2, 0) is 11.2 Å². The Bertz CT molecular complexity index is 1370. The molecule has 3 heterocycles. The summed E-state index contributed by atoms with van der Waals surface area (Å²) in [6, 6.07) is 10.5. The summed E-state index contributed by atoms with van der Waals surface area (Å²) >= 11 is 0. The number of H-pyrrole nitrogens is 1. The van der Waals surface area contributed by atoms with E-state index in [1.807, 2.05) is 24.0 Å². The maximum absolute atomic E-state index is 14.2. The number of nitrogens with one attached hydrogen (secondary N) is 1. The highest BCUT2D eigenvalue weighted by atomic mass is 19.3. The third-order valence-electron chi connectivity index (χ3n) is 6.16. The van der Waals surface area contributed by atoms with Crippen molar-refractivity contribution in [2.24, 2.45) is 0 Å². The van der Waals surface area contributed by atoms with Gasteiger partial charge in [0.25, 0.3) is 6.43 Å². The lowest BCUT2D eigenvalue weighted by Crippen LogP contribution is -2.25. The molecule has 168 valence electrons. The highest BCUT2D eigenvalue weighted by molar-refractivity contribution is 6.00. The molecule has 0 atom stereocenters. The number of hydrogen-bond acceptors (Lipinski definition) is 5. The molecule has 2 aromatic carbocycles. The van der Waals surface area contributed by atoms with Crippen molar-refractivity contribution < 1.29 is 18.3 Å². The molecule has 33 heavy (non-hydrogen) atoms. The number of hydrogen-bond donors (Lipinski definition) is 1. The van der Waals surface area contributed by atoms with Crippen molar-refractivity contribution in [2.75, 3.05) is 18.6 Å². The van der Waals surface area contributed by atoms with Gasteiger partial charge in [-0.1, -0.05) is 0 Å². The van der Waals surface area contributed by atoms with E-state index < -0.39 is 12.4 Å². The number of benzene rings is 2. The summed E-state index contributed by atoms with van der Waals surface area (Å²) in [5.74, 6) is -0.439. The molecule has 0 fully saturated rings. The number of aryl methyl sites for hydroxylation is 2. The first-order valence-electron chi connectivity index (χ1n) is 10.7. The number of nitrogens with zero attached hydrogens (tertiary/aromatic N) is 3. The Kier molecular flexibility index (Phi) is 5.28. The van der Waals surface area contributed by atoms with Crippen LogP contribution in [0, 0.1) is 6.92 Å². The molecule has 1 N–H and O–H groups in total. The predicted octanol–water partition coefficient (Wildman–Crippen LogP) is 5.74. The van der Waals surface area contributed by atoms with Crippen molar-refractivity contribution in [3.8, 4) is 11.1 Å². The van der Waals surface area contributed by atoms with Crippen LogP contribution in [0.5, 0.6) is 0 Å². The quantitative estimate of drug-likeness (QED) is 0.403. The fourth-order valence-electron chi connectivity index (χ4n) is 4.55. The monoisotopic (exact) mass is 448 g/mol. The summed E-state index contributed by atoms with van der Waals surface area (Å²) in [4.78, 5) is 18.5. The van der Waals surface area contributed by atoms with Gasteiger partial charge in [0.05, 0.1) is 30.1 Å². The fraction of sp³-hybridized carbons (Fsp3) is 0.240. The normalized spacial score (nSPS) is 13.4. The molecule has 0 radical (unpaired) electrons. The van der Waals surface area contributed by atoms with E-state index >= 15 is 0 Å². The van der Waals surface area contributed by atoms with Gasteiger partial charge in [-0.05, 0) is 67.3 Å². The average Bonchev–Trinajstić information content (AvgIpc) is 3.27. The molecule has 4 aromatic rings. The minimum atomic E-state index is -2.64. The zero-order valence-corrected chi connectivity index (χ0v) is 18.2. The van der Waals surface area contributed by atoms with Gasteiger partial charge in [0.15, 0.2) is 0 Å². The first-order chi connectivity index (χ1) is 16.0. The number of esters is 1. The van der Waals surface area contributed by atoms with Crippen molar-refractivity contribution in [1.82, 2.24) is 15.2 Å². The van der Waals surface area contributed by atoms with Gasteiger partial charge in [-0.3, -0.25) is 10.1 Å². The van der Waals surface area contributed by atoms with Crippen LogP contribution in [0.3, 0.4) is 0 Å². The van der Waals surface area contributed by atoms with E-state index in [4.69, 9.17) is 4.74 Å². The topological polar surface area (TPSA) is 71.1 Å². The number of ether oxygens (including phenoxy) is 1. The number of carbonyl (C=O) groups is 1. The van der Waals surface area contributed by atoms with Gasteiger partial charge in [-0.2, -0.15) is 5.10 Å². The first-order valence-corrected chi connectivity index (χ1v) is 10.7. The standard InChI is InChI=1S/C25H22F2N4O2/c1-14-20(13-29-30-14)17-10-15-4-3-9-31(23(15)12-18(17)24(26)27)22-7-8-28-21-6-5-16(11-19(21)22)25(32)33-2/h5-8,10-13,24H,3-4,9H2,1-2H3,(H,29,30). The van der Waals surface area contributed by atoms with Crippen LogP contribution >= 0.6 is 0 Å². The van der Waals surface area contributed by atoms with Crippen LogP contribution in [0.15, 0.2) is 48.8 Å². The molecule has 0 spiro atoms. The lowest BCUT2D eigenvalue weighted by atomic mass is 9.91. The predicted molar refractivity (Wildman–Crippen MR) is 122 cm³/mol. The van der Waals surface area contributed by atoms with Crippen LogP contribution in [0.2, 0.25) is 0 Å². The second kappa shape index (κ2) is 8.27. The van der Waals surface area contributed by atoms with Gasteiger partial charge < -0.3 is 9.64 Å². The van der Waals surface area contributed by atoms with Gasteiger partial charge in [-0.25, -0.2) is 13.6 Å². The molecule has 0 unspecified atom stereocenters. The molecule has 8 heteroatoms. The van der Waals surface area contributed by atoms with Gasteiger partial charge in [0, 0.05) is 40.6 Å². The SMILES string of the molecule is COC(=O)c1ccc2nccc(N3CCCc4cc(-c5cn[nH]c5C)c(C(F)F)cc43)c2c1. The Labute approximate surface area is 189 Å². The maximum Gasteiger partial charge on any atom is 0.337 e. The average molecular weight is 448 g/mol. The van der Waals surface area contributed by atoms with E-state index in [0.29, 0.717) is 28.8 Å². The molecular formula is C25H22F2N4O2. The van der Waals surface area contributed by atoms with Crippen molar-refractivity contribution in [3.63, 3.8) is 0 Å². The zero-order chi connectivity index (χ0) is 23.1. The number of anilines is 2. The minimum absolute atomic E-state index is 0.0289. The molecule has 2 aromatic heterocycles. The molecule has 6 nitrogen and oxygen atoms in total. The largest absolute Gasteiger partial charge is 0.465 e. The lowest BCUT2D eigenvalue weighted by Gasteiger charge is -2.33. The van der Waals surface area contributed by atoms with Crippen molar-refractivity contribution >= 4 is 28.2 Å². The number of pyridine rings is 1.